The maximum absolute atomic E-state index is 5.95. The zero-order valence-electron chi connectivity index (χ0n) is 12.7. The van der Waals surface area contributed by atoms with Crippen LogP contribution in [0, 0.1) is 5.41 Å². The van der Waals surface area contributed by atoms with E-state index in [2.05, 4.69) is 16.5 Å². The van der Waals surface area contributed by atoms with E-state index in [0.29, 0.717) is 17.2 Å². The minimum absolute atomic E-state index is 0.416. The number of methoxy groups -OCH3 is 1. The van der Waals surface area contributed by atoms with E-state index in [1.807, 2.05) is 12.1 Å². The minimum Gasteiger partial charge on any atom is -0.481 e. The van der Waals surface area contributed by atoms with Gasteiger partial charge in [0.1, 0.15) is 11.3 Å². The topological polar surface area (TPSA) is 39.9 Å². The van der Waals surface area contributed by atoms with Gasteiger partial charge in [0.05, 0.1) is 7.11 Å². The summed E-state index contributed by atoms with van der Waals surface area (Å²) < 4.78 is 7.53. The molecule has 1 saturated carbocycles. The number of hydrogen-bond acceptors (Lipinski definition) is 3. The zero-order chi connectivity index (χ0) is 14.9. The normalized spacial score (nSPS) is 16.9. The average molecular weight is 308 g/mol. The maximum Gasteiger partial charge on any atom is 0.215 e. The van der Waals surface area contributed by atoms with Crippen LogP contribution in [0.5, 0.6) is 5.88 Å². The van der Waals surface area contributed by atoms with E-state index in [4.69, 9.17) is 21.3 Å². The lowest BCUT2D eigenvalue weighted by molar-refractivity contribution is 0.101. The van der Waals surface area contributed by atoms with Gasteiger partial charge >= 0.3 is 0 Å². The van der Waals surface area contributed by atoms with Crippen molar-refractivity contribution in [3.8, 4) is 5.88 Å². The van der Waals surface area contributed by atoms with Crippen LogP contribution in [0.1, 0.15) is 38.4 Å². The highest BCUT2D eigenvalue weighted by atomic mass is 35.5. The lowest BCUT2D eigenvalue weighted by atomic mass is 9.67. The number of halogens is 1. The number of hydrogen-bond donors (Lipinski definition) is 0. The standard InChI is InChI=1S/C16H22ClN3O/c1-3-16(8-4-9-16)11-20-13(7-10-17)18-12-5-6-14(21-2)19-15(12)20/h5-6H,3-4,7-11H2,1-2H3. The molecule has 0 amide bonds. The molecule has 2 heterocycles. The van der Waals surface area contributed by atoms with Crippen molar-refractivity contribution >= 4 is 22.8 Å². The molecule has 0 unspecified atom stereocenters. The second-order valence-corrected chi connectivity index (χ2v) is 6.33. The van der Waals surface area contributed by atoms with Crippen molar-refractivity contribution in [1.29, 1.82) is 0 Å². The Balaban J connectivity index is 2.05. The van der Waals surface area contributed by atoms with Gasteiger partial charge in [-0.3, -0.25) is 0 Å². The van der Waals surface area contributed by atoms with Crippen LogP contribution < -0.4 is 4.74 Å². The number of aromatic nitrogens is 3. The van der Waals surface area contributed by atoms with Crippen molar-refractivity contribution in [3.63, 3.8) is 0 Å². The Bertz CT molecular complexity index is 628. The number of fused-ring (bicyclic) bond motifs is 1. The number of alkyl halides is 1. The van der Waals surface area contributed by atoms with Crippen molar-refractivity contribution in [2.75, 3.05) is 13.0 Å². The molecular weight excluding hydrogens is 286 g/mol. The molecule has 0 N–H and O–H groups in total. The summed E-state index contributed by atoms with van der Waals surface area (Å²) in [7, 11) is 1.65. The quantitative estimate of drug-likeness (QED) is 0.762. The van der Waals surface area contributed by atoms with Gasteiger partial charge in [-0.15, -0.1) is 11.6 Å². The van der Waals surface area contributed by atoms with E-state index in [1.54, 1.807) is 7.11 Å². The fraction of sp³-hybridized carbons (Fsp3) is 0.625. The predicted octanol–water partition coefficient (Wildman–Crippen LogP) is 3.80. The van der Waals surface area contributed by atoms with E-state index >= 15 is 0 Å². The van der Waals surface area contributed by atoms with E-state index in [1.165, 1.54) is 25.7 Å². The van der Waals surface area contributed by atoms with Gasteiger partial charge < -0.3 is 9.30 Å². The summed E-state index contributed by atoms with van der Waals surface area (Å²) >= 11 is 5.95. The number of rotatable bonds is 6. The molecule has 2 aromatic rings. The highest BCUT2D eigenvalue weighted by molar-refractivity contribution is 6.17. The lowest BCUT2D eigenvalue weighted by Crippen LogP contribution is -2.34. The van der Waals surface area contributed by atoms with Crippen LogP contribution in [-0.2, 0) is 13.0 Å². The fourth-order valence-corrected chi connectivity index (χ4v) is 3.39. The summed E-state index contributed by atoms with van der Waals surface area (Å²) in [6.45, 7) is 3.28. The molecular formula is C16H22ClN3O. The zero-order valence-corrected chi connectivity index (χ0v) is 13.5. The first-order valence-electron chi connectivity index (χ1n) is 7.67. The van der Waals surface area contributed by atoms with Gasteiger partial charge in [0.2, 0.25) is 5.88 Å². The van der Waals surface area contributed by atoms with Crippen molar-refractivity contribution < 1.29 is 4.74 Å². The largest absolute Gasteiger partial charge is 0.481 e. The van der Waals surface area contributed by atoms with Gasteiger partial charge in [0.15, 0.2) is 5.65 Å². The second kappa shape index (κ2) is 5.84. The number of pyridine rings is 1. The number of imidazole rings is 1. The predicted molar refractivity (Wildman–Crippen MR) is 85.1 cm³/mol. The molecule has 0 bridgehead atoms. The Morgan fingerprint density at radius 1 is 1.33 bits per heavy atom. The van der Waals surface area contributed by atoms with Crippen LogP contribution in [0.25, 0.3) is 11.2 Å². The molecule has 0 saturated heterocycles. The third-order valence-corrected chi connectivity index (χ3v) is 5.02. The molecule has 0 spiro atoms. The molecule has 0 aliphatic heterocycles. The number of nitrogens with zero attached hydrogens (tertiary/aromatic N) is 3. The third kappa shape index (κ3) is 2.61. The third-order valence-electron chi connectivity index (χ3n) is 4.83. The van der Waals surface area contributed by atoms with Crippen molar-refractivity contribution in [2.45, 2.75) is 45.6 Å². The fourth-order valence-electron chi connectivity index (χ4n) is 3.22. The van der Waals surface area contributed by atoms with Gasteiger partial charge in [0, 0.05) is 24.9 Å². The second-order valence-electron chi connectivity index (χ2n) is 5.96. The molecule has 21 heavy (non-hydrogen) atoms. The molecule has 114 valence electrons. The molecule has 0 atom stereocenters. The molecule has 3 rings (SSSR count). The van der Waals surface area contributed by atoms with E-state index < -0.39 is 0 Å². The molecule has 1 aliphatic carbocycles. The first-order valence-corrected chi connectivity index (χ1v) is 8.21. The highest BCUT2D eigenvalue weighted by Gasteiger charge is 2.36. The molecule has 2 aromatic heterocycles. The summed E-state index contributed by atoms with van der Waals surface area (Å²) in [4.78, 5) is 9.32. The number of ether oxygens (including phenoxy) is 1. The van der Waals surface area contributed by atoms with Gasteiger partial charge in [-0.25, -0.2) is 4.98 Å². The van der Waals surface area contributed by atoms with Gasteiger partial charge in [0.25, 0.3) is 0 Å². The van der Waals surface area contributed by atoms with Crippen molar-refractivity contribution in [2.24, 2.45) is 5.41 Å². The van der Waals surface area contributed by atoms with Gasteiger partial charge in [-0.2, -0.15) is 4.98 Å². The number of aryl methyl sites for hydroxylation is 1. The Hall–Kier alpha value is -1.29. The molecule has 0 aromatic carbocycles. The van der Waals surface area contributed by atoms with Crippen LogP contribution in [0.2, 0.25) is 0 Å². The van der Waals surface area contributed by atoms with Crippen LogP contribution in [0.3, 0.4) is 0 Å². The smallest absolute Gasteiger partial charge is 0.215 e. The summed E-state index contributed by atoms with van der Waals surface area (Å²) in [6.07, 6.45) is 5.92. The van der Waals surface area contributed by atoms with E-state index in [9.17, 15) is 0 Å². The average Bonchev–Trinajstić information content (AvgIpc) is 2.80. The molecule has 0 radical (unpaired) electrons. The lowest BCUT2D eigenvalue weighted by Gasteiger charge is -2.41. The maximum atomic E-state index is 5.95. The Kier molecular flexibility index (Phi) is 4.07. The van der Waals surface area contributed by atoms with Gasteiger partial charge in [-0.05, 0) is 30.7 Å². The Morgan fingerprint density at radius 2 is 2.14 bits per heavy atom. The van der Waals surface area contributed by atoms with E-state index in [0.717, 1.165) is 30.0 Å². The van der Waals surface area contributed by atoms with Crippen LogP contribution >= 0.6 is 11.6 Å². The van der Waals surface area contributed by atoms with E-state index in [-0.39, 0.29) is 0 Å². The molecule has 4 nitrogen and oxygen atoms in total. The molecule has 1 fully saturated rings. The molecule has 5 heteroatoms. The van der Waals surface area contributed by atoms with Crippen LogP contribution in [0.15, 0.2) is 12.1 Å². The van der Waals surface area contributed by atoms with Crippen LogP contribution in [-0.4, -0.2) is 27.5 Å². The summed E-state index contributed by atoms with van der Waals surface area (Å²) in [6, 6.07) is 3.85. The van der Waals surface area contributed by atoms with Crippen LogP contribution in [0.4, 0.5) is 0 Å². The first kappa shape index (κ1) is 14.6. The summed E-state index contributed by atoms with van der Waals surface area (Å²) in [5.74, 6) is 2.26. The Morgan fingerprint density at radius 3 is 2.71 bits per heavy atom. The monoisotopic (exact) mass is 307 g/mol. The molecule has 1 aliphatic rings. The van der Waals surface area contributed by atoms with Gasteiger partial charge in [-0.1, -0.05) is 13.3 Å². The highest BCUT2D eigenvalue weighted by Crippen LogP contribution is 2.45. The Labute approximate surface area is 130 Å². The first-order chi connectivity index (χ1) is 10.2. The summed E-state index contributed by atoms with van der Waals surface area (Å²) in [5, 5.41) is 0. The van der Waals surface area contributed by atoms with Crippen molar-refractivity contribution in [3.05, 3.63) is 18.0 Å². The summed E-state index contributed by atoms with van der Waals surface area (Å²) in [5.41, 5.74) is 2.27. The SMILES string of the molecule is CCC1(Cn2c(CCCl)nc3ccc(OC)nc32)CCC1. The van der Waals surface area contributed by atoms with Crippen molar-refractivity contribution in [1.82, 2.24) is 14.5 Å². The minimum atomic E-state index is 0.416.